The van der Waals surface area contributed by atoms with E-state index in [0.717, 1.165) is 31.4 Å². The summed E-state index contributed by atoms with van der Waals surface area (Å²) in [7, 11) is 0. The van der Waals surface area contributed by atoms with Crippen LogP contribution in [0.3, 0.4) is 0 Å². The van der Waals surface area contributed by atoms with E-state index in [1.54, 1.807) is 12.1 Å². The van der Waals surface area contributed by atoms with Crippen LogP contribution in [0.15, 0.2) is 24.3 Å². The molecular formula is C14H18ClNO2. The fraction of sp³-hybridized carbons (Fsp3) is 0.500. The number of Topliss-reactive ketones (excluding diaryl/α,β-unsaturated/α-hetero) is 1. The van der Waals surface area contributed by atoms with Crippen molar-refractivity contribution >= 4 is 23.1 Å². The molecule has 2 rings (SSSR count). The van der Waals surface area contributed by atoms with Crippen molar-refractivity contribution in [3.8, 4) is 0 Å². The molecule has 1 atom stereocenters. The van der Waals surface area contributed by atoms with Crippen LogP contribution in [0.4, 0.5) is 5.69 Å². The van der Waals surface area contributed by atoms with Gasteiger partial charge in [0.1, 0.15) is 6.10 Å². The Kier molecular flexibility index (Phi) is 5.02. The van der Waals surface area contributed by atoms with E-state index in [2.05, 4.69) is 5.48 Å². The van der Waals surface area contributed by atoms with E-state index in [-0.39, 0.29) is 11.9 Å². The van der Waals surface area contributed by atoms with E-state index in [9.17, 15) is 4.79 Å². The maximum absolute atomic E-state index is 11.9. The molecule has 0 radical (unpaired) electrons. The van der Waals surface area contributed by atoms with E-state index in [0.29, 0.717) is 11.4 Å². The third-order valence-corrected chi connectivity index (χ3v) is 3.41. The van der Waals surface area contributed by atoms with Gasteiger partial charge in [0.15, 0.2) is 5.78 Å². The number of hydrogen-bond acceptors (Lipinski definition) is 3. The minimum Gasteiger partial charge on any atom is -0.297 e. The fourth-order valence-corrected chi connectivity index (χ4v) is 2.21. The second kappa shape index (κ2) is 6.76. The van der Waals surface area contributed by atoms with E-state index < -0.39 is 0 Å². The molecule has 1 aliphatic rings. The van der Waals surface area contributed by atoms with Crippen LogP contribution in [0.2, 0.25) is 5.02 Å². The molecule has 0 aromatic heterocycles. The molecule has 1 saturated carbocycles. The molecule has 1 N–H and O–H groups in total. The maximum atomic E-state index is 11.9. The summed E-state index contributed by atoms with van der Waals surface area (Å²) in [4.78, 5) is 17.4. The first-order valence-corrected chi connectivity index (χ1v) is 6.83. The van der Waals surface area contributed by atoms with Crippen molar-refractivity contribution in [3.05, 3.63) is 29.3 Å². The fourth-order valence-electron chi connectivity index (χ4n) is 2.09. The van der Waals surface area contributed by atoms with E-state index in [1.807, 2.05) is 12.1 Å². The lowest BCUT2D eigenvalue weighted by molar-refractivity contribution is -0.129. The summed E-state index contributed by atoms with van der Waals surface area (Å²) in [5.41, 5.74) is 3.65. The second-order valence-corrected chi connectivity index (χ2v) is 5.07. The SMILES string of the molecule is O=C1CCCCCCC1ONc1ccc(Cl)cc1. The zero-order valence-corrected chi connectivity index (χ0v) is 11.1. The standard InChI is InChI=1S/C14H18ClNO2/c15-11-7-9-12(10-8-11)16-18-14-6-4-2-1-3-5-13(14)17/h7-10,14,16H,1-6H2. The number of benzene rings is 1. The first kappa shape index (κ1) is 13.4. The van der Waals surface area contributed by atoms with Gasteiger partial charge in [-0.15, -0.1) is 0 Å². The van der Waals surface area contributed by atoms with Crippen LogP contribution in [-0.4, -0.2) is 11.9 Å². The Morgan fingerprint density at radius 3 is 2.61 bits per heavy atom. The van der Waals surface area contributed by atoms with Crippen molar-refractivity contribution in [2.75, 3.05) is 5.48 Å². The lowest BCUT2D eigenvalue weighted by atomic mass is 9.98. The molecule has 0 spiro atoms. The Morgan fingerprint density at radius 1 is 1.11 bits per heavy atom. The van der Waals surface area contributed by atoms with Crippen LogP contribution in [0.25, 0.3) is 0 Å². The van der Waals surface area contributed by atoms with Gasteiger partial charge in [-0.1, -0.05) is 30.9 Å². The minimum atomic E-state index is -0.319. The maximum Gasteiger partial charge on any atom is 0.164 e. The van der Waals surface area contributed by atoms with Crippen LogP contribution in [0.5, 0.6) is 0 Å². The number of halogens is 1. The normalized spacial score (nSPS) is 21.2. The molecule has 1 unspecified atom stereocenters. The number of anilines is 1. The van der Waals surface area contributed by atoms with Crippen LogP contribution in [-0.2, 0) is 9.63 Å². The molecule has 0 bridgehead atoms. The topological polar surface area (TPSA) is 38.3 Å². The number of ketones is 1. The Balaban J connectivity index is 1.87. The molecule has 4 heteroatoms. The summed E-state index contributed by atoms with van der Waals surface area (Å²) < 4.78 is 0. The summed E-state index contributed by atoms with van der Waals surface area (Å²) in [5.74, 6) is 0.205. The smallest absolute Gasteiger partial charge is 0.164 e. The zero-order chi connectivity index (χ0) is 12.8. The average molecular weight is 268 g/mol. The highest BCUT2D eigenvalue weighted by Crippen LogP contribution is 2.19. The molecule has 98 valence electrons. The number of hydrogen-bond donors (Lipinski definition) is 1. The first-order chi connectivity index (χ1) is 8.75. The van der Waals surface area contributed by atoms with Crippen molar-refractivity contribution in [1.82, 2.24) is 0 Å². The third-order valence-electron chi connectivity index (χ3n) is 3.16. The average Bonchev–Trinajstić information content (AvgIpc) is 2.36. The number of rotatable bonds is 3. The molecule has 1 fully saturated rings. The van der Waals surface area contributed by atoms with Gasteiger partial charge in [0.05, 0.1) is 5.69 Å². The number of carbonyl (C=O) groups is 1. The van der Waals surface area contributed by atoms with Crippen LogP contribution in [0, 0.1) is 0 Å². The molecule has 3 nitrogen and oxygen atoms in total. The minimum absolute atomic E-state index is 0.205. The number of carbonyl (C=O) groups excluding carboxylic acids is 1. The molecular weight excluding hydrogens is 250 g/mol. The van der Waals surface area contributed by atoms with Crippen molar-refractivity contribution < 1.29 is 9.63 Å². The van der Waals surface area contributed by atoms with Crippen molar-refractivity contribution in [1.29, 1.82) is 0 Å². The summed E-state index contributed by atoms with van der Waals surface area (Å²) in [6.45, 7) is 0. The van der Waals surface area contributed by atoms with Crippen molar-refractivity contribution in [3.63, 3.8) is 0 Å². The Hall–Kier alpha value is -1.06. The number of nitrogens with one attached hydrogen (secondary N) is 1. The van der Waals surface area contributed by atoms with Crippen molar-refractivity contribution in [2.24, 2.45) is 0 Å². The molecule has 18 heavy (non-hydrogen) atoms. The Labute approximate surface area is 112 Å². The van der Waals surface area contributed by atoms with Gasteiger partial charge in [0.2, 0.25) is 0 Å². The summed E-state index contributed by atoms with van der Waals surface area (Å²) in [6.07, 6.45) is 5.50. The van der Waals surface area contributed by atoms with E-state index in [1.165, 1.54) is 6.42 Å². The molecule has 0 amide bonds. The highest BCUT2D eigenvalue weighted by Gasteiger charge is 2.20. The summed E-state index contributed by atoms with van der Waals surface area (Å²) in [6, 6.07) is 7.23. The zero-order valence-electron chi connectivity index (χ0n) is 10.3. The Morgan fingerprint density at radius 2 is 1.83 bits per heavy atom. The largest absolute Gasteiger partial charge is 0.297 e. The predicted octanol–water partition coefficient (Wildman–Crippen LogP) is 3.98. The monoisotopic (exact) mass is 267 g/mol. The van der Waals surface area contributed by atoms with Gasteiger partial charge in [-0.3, -0.25) is 15.1 Å². The predicted molar refractivity (Wildman–Crippen MR) is 72.7 cm³/mol. The highest BCUT2D eigenvalue weighted by atomic mass is 35.5. The van der Waals surface area contributed by atoms with E-state index in [4.69, 9.17) is 16.4 Å². The van der Waals surface area contributed by atoms with Gasteiger partial charge in [0, 0.05) is 11.4 Å². The van der Waals surface area contributed by atoms with Gasteiger partial charge < -0.3 is 0 Å². The lowest BCUT2D eigenvalue weighted by Gasteiger charge is -2.19. The molecule has 0 heterocycles. The van der Waals surface area contributed by atoms with Gasteiger partial charge >= 0.3 is 0 Å². The van der Waals surface area contributed by atoms with Crippen molar-refractivity contribution in [2.45, 2.75) is 44.6 Å². The Bertz CT molecular complexity index is 391. The summed E-state index contributed by atoms with van der Waals surface area (Å²) >= 11 is 5.80. The molecule has 1 aromatic carbocycles. The molecule has 0 saturated heterocycles. The molecule has 0 aliphatic heterocycles. The second-order valence-electron chi connectivity index (χ2n) is 4.63. The summed E-state index contributed by atoms with van der Waals surface area (Å²) in [5, 5.41) is 0.683. The first-order valence-electron chi connectivity index (χ1n) is 6.45. The van der Waals surface area contributed by atoms with E-state index >= 15 is 0 Å². The third kappa shape index (κ3) is 4.00. The lowest BCUT2D eigenvalue weighted by Crippen LogP contribution is -2.27. The quantitative estimate of drug-likeness (QED) is 0.842. The van der Waals surface area contributed by atoms with Gasteiger partial charge in [0.25, 0.3) is 0 Å². The van der Waals surface area contributed by atoms with Gasteiger partial charge in [-0.2, -0.15) is 0 Å². The van der Waals surface area contributed by atoms with Crippen LogP contribution < -0.4 is 5.48 Å². The molecule has 1 aromatic rings. The molecule has 1 aliphatic carbocycles. The van der Waals surface area contributed by atoms with Gasteiger partial charge in [-0.05, 0) is 37.1 Å². The van der Waals surface area contributed by atoms with Crippen LogP contribution in [0.1, 0.15) is 38.5 Å². The van der Waals surface area contributed by atoms with Gasteiger partial charge in [-0.25, -0.2) is 0 Å². The highest BCUT2D eigenvalue weighted by molar-refractivity contribution is 6.30. The van der Waals surface area contributed by atoms with Crippen LogP contribution >= 0.6 is 11.6 Å².